The highest BCUT2D eigenvalue weighted by atomic mass is 16.3. The fourth-order valence-corrected chi connectivity index (χ4v) is 1.23. The first-order valence-electron chi connectivity index (χ1n) is 4.33. The van der Waals surface area contributed by atoms with Gasteiger partial charge in [0.1, 0.15) is 5.75 Å². The molecule has 2 N–H and O–H groups in total. The predicted molar refractivity (Wildman–Crippen MR) is 51.6 cm³/mol. The molecule has 0 aliphatic heterocycles. The van der Waals surface area contributed by atoms with E-state index < -0.39 is 0 Å². The minimum atomic E-state index is 0.322. The molecule has 0 amide bonds. The standard InChI is InChI=1S/C10H15NO/c1-3-8-5-6-9(12)7-10(8)11-4-2/h5-7,11-12H,3-4H2,1-2H3. The molecule has 0 unspecified atom stereocenters. The second kappa shape index (κ2) is 4.00. The Balaban J connectivity index is 2.95. The summed E-state index contributed by atoms with van der Waals surface area (Å²) in [6.45, 7) is 5.03. The van der Waals surface area contributed by atoms with Gasteiger partial charge in [0.25, 0.3) is 0 Å². The number of aromatic hydroxyl groups is 1. The van der Waals surface area contributed by atoms with Crippen molar-refractivity contribution >= 4 is 5.69 Å². The van der Waals surface area contributed by atoms with Crippen LogP contribution in [0.15, 0.2) is 18.2 Å². The van der Waals surface area contributed by atoms with Gasteiger partial charge in [-0.15, -0.1) is 0 Å². The topological polar surface area (TPSA) is 32.3 Å². The number of phenolic OH excluding ortho intramolecular Hbond substituents is 1. The lowest BCUT2D eigenvalue weighted by Crippen LogP contribution is -1.99. The van der Waals surface area contributed by atoms with Crippen LogP contribution >= 0.6 is 0 Å². The summed E-state index contributed by atoms with van der Waals surface area (Å²) in [6, 6.07) is 5.44. The smallest absolute Gasteiger partial charge is 0.117 e. The first-order valence-corrected chi connectivity index (χ1v) is 4.33. The zero-order valence-electron chi connectivity index (χ0n) is 7.59. The first kappa shape index (κ1) is 8.91. The van der Waals surface area contributed by atoms with E-state index in [0.717, 1.165) is 18.7 Å². The molecule has 12 heavy (non-hydrogen) atoms. The molecule has 0 heterocycles. The molecule has 1 aromatic rings. The molecule has 0 bridgehead atoms. The van der Waals surface area contributed by atoms with Crippen LogP contribution in [-0.2, 0) is 6.42 Å². The lowest BCUT2D eigenvalue weighted by molar-refractivity contribution is 0.475. The zero-order valence-corrected chi connectivity index (χ0v) is 7.59. The third-order valence-electron chi connectivity index (χ3n) is 1.84. The molecule has 0 fully saturated rings. The lowest BCUT2D eigenvalue weighted by Gasteiger charge is -2.08. The SMILES string of the molecule is CCNc1cc(O)ccc1CC. The normalized spacial score (nSPS) is 9.83. The summed E-state index contributed by atoms with van der Waals surface area (Å²) < 4.78 is 0. The van der Waals surface area contributed by atoms with Gasteiger partial charge in [0.2, 0.25) is 0 Å². The molecule has 1 aromatic carbocycles. The van der Waals surface area contributed by atoms with Crippen LogP contribution in [-0.4, -0.2) is 11.7 Å². The maximum Gasteiger partial charge on any atom is 0.117 e. The van der Waals surface area contributed by atoms with Gasteiger partial charge in [0, 0.05) is 18.3 Å². The minimum Gasteiger partial charge on any atom is -0.508 e. The number of aryl methyl sites for hydroxylation is 1. The van der Waals surface area contributed by atoms with Crippen molar-refractivity contribution in [2.75, 3.05) is 11.9 Å². The molecule has 0 spiro atoms. The summed E-state index contributed by atoms with van der Waals surface area (Å²) in [4.78, 5) is 0. The number of nitrogens with one attached hydrogen (secondary N) is 1. The largest absolute Gasteiger partial charge is 0.508 e. The summed E-state index contributed by atoms with van der Waals surface area (Å²) in [7, 11) is 0. The molecule has 0 saturated heterocycles. The second-order valence-electron chi connectivity index (χ2n) is 2.73. The summed E-state index contributed by atoms with van der Waals surface area (Å²) in [5.74, 6) is 0.322. The van der Waals surface area contributed by atoms with Crippen molar-refractivity contribution in [3.8, 4) is 5.75 Å². The first-order chi connectivity index (χ1) is 5.77. The van der Waals surface area contributed by atoms with E-state index >= 15 is 0 Å². The molecule has 0 radical (unpaired) electrons. The van der Waals surface area contributed by atoms with Gasteiger partial charge < -0.3 is 10.4 Å². The van der Waals surface area contributed by atoms with Crippen LogP contribution in [0.5, 0.6) is 5.75 Å². The third kappa shape index (κ3) is 1.91. The van der Waals surface area contributed by atoms with Crippen molar-refractivity contribution in [1.82, 2.24) is 0 Å². The average Bonchev–Trinajstić information content (AvgIpc) is 2.05. The molecule has 1 rings (SSSR count). The summed E-state index contributed by atoms with van der Waals surface area (Å²) in [5, 5.41) is 12.4. The summed E-state index contributed by atoms with van der Waals surface area (Å²) in [6.07, 6.45) is 0.989. The molecular weight excluding hydrogens is 150 g/mol. The van der Waals surface area contributed by atoms with Crippen molar-refractivity contribution in [1.29, 1.82) is 0 Å². The van der Waals surface area contributed by atoms with Crippen molar-refractivity contribution in [3.63, 3.8) is 0 Å². The van der Waals surface area contributed by atoms with E-state index in [1.54, 1.807) is 12.1 Å². The van der Waals surface area contributed by atoms with E-state index in [1.807, 2.05) is 13.0 Å². The third-order valence-corrected chi connectivity index (χ3v) is 1.84. The predicted octanol–water partition coefficient (Wildman–Crippen LogP) is 2.39. The molecule has 66 valence electrons. The summed E-state index contributed by atoms with van der Waals surface area (Å²) in [5.41, 5.74) is 2.29. The number of hydrogen-bond donors (Lipinski definition) is 2. The van der Waals surface area contributed by atoms with E-state index in [2.05, 4.69) is 12.2 Å². The molecule has 0 aliphatic carbocycles. The molecular formula is C10H15NO. The Kier molecular flexibility index (Phi) is 2.97. The van der Waals surface area contributed by atoms with Crippen molar-refractivity contribution in [3.05, 3.63) is 23.8 Å². The lowest BCUT2D eigenvalue weighted by atomic mass is 10.1. The highest BCUT2D eigenvalue weighted by molar-refractivity contribution is 5.54. The molecule has 2 nitrogen and oxygen atoms in total. The van der Waals surface area contributed by atoms with Crippen molar-refractivity contribution in [2.24, 2.45) is 0 Å². The van der Waals surface area contributed by atoms with Crippen LogP contribution in [0.1, 0.15) is 19.4 Å². The number of phenols is 1. The van der Waals surface area contributed by atoms with Gasteiger partial charge in [0.05, 0.1) is 0 Å². The minimum absolute atomic E-state index is 0.322. The van der Waals surface area contributed by atoms with Gasteiger partial charge in [-0.25, -0.2) is 0 Å². The molecule has 2 heteroatoms. The Hall–Kier alpha value is -1.18. The van der Waals surface area contributed by atoms with Crippen LogP contribution in [0, 0.1) is 0 Å². The fourth-order valence-electron chi connectivity index (χ4n) is 1.23. The number of benzene rings is 1. The van der Waals surface area contributed by atoms with E-state index in [4.69, 9.17) is 0 Å². The number of hydrogen-bond acceptors (Lipinski definition) is 2. The molecule has 0 atom stereocenters. The Bertz CT molecular complexity index is 258. The van der Waals surface area contributed by atoms with Gasteiger partial charge in [0.15, 0.2) is 0 Å². The van der Waals surface area contributed by atoms with Gasteiger partial charge in [-0.2, -0.15) is 0 Å². The van der Waals surface area contributed by atoms with Crippen LogP contribution in [0.3, 0.4) is 0 Å². The Morgan fingerprint density at radius 2 is 2.08 bits per heavy atom. The Labute approximate surface area is 73.2 Å². The van der Waals surface area contributed by atoms with Crippen LogP contribution in [0.4, 0.5) is 5.69 Å². The van der Waals surface area contributed by atoms with Crippen molar-refractivity contribution in [2.45, 2.75) is 20.3 Å². The van der Waals surface area contributed by atoms with Gasteiger partial charge >= 0.3 is 0 Å². The molecule has 0 aliphatic rings. The molecule has 0 aromatic heterocycles. The highest BCUT2D eigenvalue weighted by Crippen LogP contribution is 2.21. The maximum atomic E-state index is 9.22. The van der Waals surface area contributed by atoms with Crippen LogP contribution in [0.2, 0.25) is 0 Å². The highest BCUT2D eigenvalue weighted by Gasteiger charge is 1.99. The quantitative estimate of drug-likeness (QED) is 0.720. The Morgan fingerprint density at radius 3 is 2.67 bits per heavy atom. The second-order valence-corrected chi connectivity index (χ2v) is 2.73. The van der Waals surface area contributed by atoms with Crippen LogP contribution in [0.25, 0.3) is 0 Å². The van der Waals surface area contributed by atoms with Crippen molar-refractivity contribution < 1.29 is 5.11 Å². The van der Waals surface area contributed by atoms with E-state index in [0.29, 0.717) is 5.75 Å². The van der Waals surface area contributed by atoms with E-state index in [9.17, 15) is 5.11 Å². The van der Waals surface area contributed by atoms with Gasteiger partial charge in [-0.05, 0) is 25.0 Å². The van der Waals surface area contributed by atoms with Gasteiger partial charge in [-0.1, -0.05) is 13.0 Å². The van der Waals surface area contributed by atoms with E-state index in [-0.39, 0.29) is 0 Å². The Morgan fingerprint density at radius 1 is 1.33 bits per heavy atom. The fraction of sp³-hybridized carbons (Fsp3) is 0.400. The van der Waals surface area contributed by atoms with E-state index in [1.165, 1.54) is 5.56 Å². The number of anilines is 1. The molecule has 0 saturated carbocycles. The average molecular weight is 165 g/mol. The zero-order chi connectivity index (χ0) is 8.97. The summed E-state index contributed by atoms with van der Waals surface area (Å²) >= 11 is 0. The monoisotopic (exact) mass is 165 g/mol. The maximum absolute atomic E-state index is 9.22. The van der Waals surface area contributed by atoms with Gasteiger partial charge in [-0.3, -0.25) is 0 Å². The number of rotatable bonds is 3. The van der Waals surface area contributed by atoms with Crippen LogP contribution < -0.4 is 5.32 Å².